The molecule has 0 bridgehead atoms. The zero-order valence-electron chi connectivity index (χ0n) is 10.3. The molecule has 2 rings (SSSR count). The second-order valence-electron chi connectivity index (χ2n) is 5.77. The summed E-state index contributed by atoms with van der Waals surface area (Å²) in [5, 5.41) is 3.46. The van der Waals surface area contributed by atoms with Crippen molar-refractivity contribution in [3.8, 4) is 0 Å². The molecule has 1 N–H and O–H groups in total. The predicted octanol–water partition coefficient (Wildman–Crippen LogP) is 2.11. The number of nitrogens with zero attached hydrogens (tertiary/aromatic N) is 1. The van der Waals surface area contributed by atoms with Gasteiger partial charge in [-0.15, -0.1) is 0 Å². The van der Waals surface area contributed by atoms with Crippen molar-refractivity contribution in [3.05, 3.63) is 0 Å². The van der Waals surface area contributed by atoms with Gasteiger partial charge in [-0.2, -0.15) is 0 Å². The van der Waals surface area contributed by atoms with Crippen LogP contribution in [0.15, 0.2) is 0 Å². The fourth-order valence-electron chi connectivity index (χ4n) is 2.64. The molecule has 2 aliphatic rings. The highest BCUT2D eigenvalue weighted by Crippen LogP contribution is 2.28. The molecule has 2 nitrogen and oxygen atoms in total. The van der Waals surface area contributed by atoms with Crippen molar-refractivity contribution in [2.45, 2.75) is 45.6 Å². The van der Waals surface area contributed by atoms with E-state index in [9.17, 15) is 0 Å². The van der Waals surface area contributed by atoms with Crippen molar-refractivity contribution in [3.63, 3.8) is 0 Å². The number of nitrogens with one attached hydrogen (secondary N) is 1. The smallest absolute Gasteiger partial charge is 0.00965 e. The standard InChI is InChI=1S/C13H26N2/c1-11(2)10-15(13-3-4-13)8-6-12-5-7-14-9-12/h11-14H,3-10H2,1-2H3. The highest BCUT2D eigenvalue weighted by atomic mass is 15.2. The van der Waals surface area contributed by atoms with Gasteiger partial charge < -0.3 is 10.2 Å². The molecule has 2 heteroatoms. The van der Waals surface area contributed by atoms with Crippen molar-refractivity contribution in [2.24, 2.45) is 11.8 Å². The van der Waals surface area contributed by atoms with Crippen molar-refractivity contribution in [1.29, 1.82) is 0 Å². The monoisotopic (exact) mass is 210 g/mol. The van der Waals surface area contributed by atoms with Gasteiger partial charge in [0.25, 0.3) is 0 Å². The fraction of sp³-hybridized carbons (Fsp3) is 1.00. The van der Waals surface area contributed by atoms with Gasteiger partial charge in [-0.05, 0) is 57.2 Å². The molecule has 0 aromatic heterocycles. The Bertz CT molecular complexity index is 181. The predicted molar refractivity (Wildman–Crippen MR) is 65.0 cm³/mol. The normalized spacial score (nSPS) is 26.8. The topological polar surface area (TPSA) is 15.3 Å². The SMILES string of the molecule is CC(C)CN(CCC1CCNC1)C1CC1. The van der Waals surface area contributed by atoms with Crippen LogP contribution in [0.2, 0.25) is 0 Å². The minimum atomic E-state index is 0.826. The van der Waals surface area contributed by atoms with Crippen LogP contribution in [0.5, 0.6) is 0 Å². The highest BCUT2D eigenvalue weighted by molar-refractivity contribution is 4.85. The van der Waals surface area contributed by atoms with Crippen LogP contribution in [0.1, 0.15) is 39.5 Å². The molecule has 1 aliphatic heterocycles. The molecule has 0 amide bonds. The van der Waals surface area contributed by atoms with Crippen LogP contribution in [0.4, 0.5) is 0 Å². The molecule has 1 saturated carbocycles. The van der Waals surface area contributed by atoms with Gasteiger partial charge >= 0.3 is 0 Å². The molecule has 2 fully saturated rings. The summed E-state index contributed by atoms with van der Waals surface area (Å²) < 4.78 is 0. The lowest BCUT2D eigenvalue weighted by molar-refractivity contribution is 0.219. The van der Waals surface area contributed by atoms with Crippen molar-refractivity contribution in [2.75, 3.05) is 26.2 Å². The first-order chi connectivity index (χ1) is 7.25. The van der Waals surface area contributed by atoms with Gasteiger partial charge in [0, 0.05) is 12.6 Å². The van der Waals surface area contributed by atoms with E-state index in [4.69, 9.17) is 0 Å². The Morgan fingerprint density at radius 3 is 2.60 bits per heavy atom. The van der Waals surface area contributed by atoms with Crippen molar-refractivity contribution >= 4 is 0 Å². The van der Waals surface area contributed by atoms with E-state index in [-0.39, 0.29) is 0 Å². The molecule has 0 aromatic rings. The number of rotatable bonds is 6. The zero-order chi connectivity index (χ0) is 10.7. The lowest BCUT2D eigenvalue weighted by Crippen LogP contribution is -2.32. The summed E-state index contributed by atoms with van der Waals surface area (Å²) in [5.41, 5.74) is 0. The van der Waals surface area contributed by atoms with Crippen LogP contribution < -0.4 is 5.32 Å². The van der Waals surface area contributed by atoms with Crippen LogP contribution in [-0.2, 0) is 0 Å². The molecule has 0 spiro atoms. The molecule has 1 aliphatic carbocycles. The first-order valence-electron chi connectivity index (χ1n) is 6.70. The summed E-state index contributed by atoms with van der Waals surface area (Å²) in [7, 11) is 0. The molecule has 1 atom stereocenters. The number of hydrogen-bond acceptors (Lipinski definition) is 2. The molecule has 1 unspecified atom stereocenters. The van der Waals surface area contributed by atoms with Gasteiger partial charge in [-0.3, -0.25) is 0 Å². The van der Waals surface area contributed by atoms with Crippen LogP contribution >= 0.6 is 0 Å². The van der Waals surface area contributed by atoms with Gasteiger partial charge in [0.1, 0.15) is 0 Å². The van der Waals surface area contributed by atoms with Gasteiger partial charge in [0.15, 0.2) is 0 Å². The Balaban J connectivity index is 1.68. The molecule has 1 heterocycles. The van der Waals surface area contributed by atoms with E-state index in [1.54, 1.807) is 0 Å². The maximum Gasteiger partial charge on any atom is 0.00965 e. The van der Waals surface area contributed by atoms with Crippen molar-refractivity contribution < 1.29 is 0 Å². The summed E-state index contributed by atoms with van der Waals surface area (Å²) in [6.45, 7) is 9.84. The van der Waals surface area contributed by atoms with E-state index in [0.29, 0.717) is 0 Å². The Labute approximate surface area is 94.4 Å². The Kier molecular flexibility index (Phi) is 4.04. The molecule has 0 aromatic carbocycles. The van der Waals surface area contributed by atoms with Gasteiger partial charge in [-0.25, -0.2) is 0 Å². The Morgan fingerprint density at radius 1 is 1.27 bits per heavy atom. The maximum absolute atomic E-state index is 3.46. The quantitative estimate of drug-likeness (QED) is 0.722. The Morgan fingerprint density at radius 2 is 2.07 bits per heavy atom. The first kappa shape index (κ1) is 11.4. The Hall–Kier alpha value is -0.0800. The maximum atomic E-state index is 3.46. The van der Waals surface area contributed by atoms with Gasteiger partial charge in [0.05, 0.1) is 0 Å². The third-order valence-electron chi connectivity index (χ3n) is 3.65. The van der Waals surface area contributed by atoms with Crippen LogP contribution in [0.25, 0.3) is 0 Å². The van der Waals surface area contributed by atoms with Crippen LogP contribution in [-0.4, -0.2) is 37.1 Å². The summed E-state index contributed by atoms with van der Waals surface area (Å²) in [6.07, 6.45) is 5.72. The summed E-state index contributed by atoms with van der Waals surface area (Å²) >= 11 is 0. The largest absolute Gasteiger partial charge is 0.316 e. The molecule has 88 valence electrons. The average Bonchev–Trinajstić information content (AvgIpc) is 2.90. The lowest BCUT2D eigenvalue weighted by atomic mass is 10.0. The lowest BCUT2D eigenvalue weighted by Gasteiger charge is -2.25. The highest BCUT2D eigenvalue weighted by Gasteiger charge is 2.29. The minimum Gasteiger partial charge on any atom is -0.316 e. The third-order valence-corrected chi connectivity index (χ3v) is 3.65. The second-order valence-corrected chi connectivity index (χ2v) is 5.77. The average molecular weight is 210 g/mol. The van der Waals surface area contributed by atoms with E-state index in [1.807, 2.05) is 0 Å². The van der Waals surface area contributed by atoms with E-state index in [0.717, 1.165) is 17.9 Å². The molecule has 1 saturated heterocycles. The fourth-order valence-corrected chi connectivity index (χ4v) is 2.64. The van der Waals surface area contributed by atoms with Gasteiger partial charge in [0.2, 0.25) is 0 Å². The molecular formula is C13H26N2. The zero-order valence-corrected chi connectivity index (χ0v) is 10.3. The van der Waals surface area contributed by atoms with Crippen LogP contribution in [0.3, 0.4) is 0 Å². The first-order valence-corrected chi connectivity index (χ1v) is 6.70. The summed E-state index contributed by atoms with van der Waals surface area (Å²) in [6, 6.07) is 0.946. The molecule has 0 radical (unpaired) electrons. The van der Waals surface area contributed by atoms with Crippen LogP contribution in [0, 0.1) is 11.8 Å². The van der Waals surface area contributed by atoms with E-state index >= 15 is 0 Å². The minimum absolute atomic E-state index is 0.826. The van der Waals surface area contributed by atoms with Crippen molar-refractivity contribution in [1.82, 2.24) is 10.2 Å². The molecular weight excluding hydrogens is 184 g/mol. The summed E-state index contributed by atoms with van der Waals surface area (Å²) in [5.74, 6) is 1.78. The second kappa shape index (κ2) is 5.31. The van der Waals surface area contributed by atoms with Gasteiger partial charge in [-0.1, -0.05) is 13.8 Å². The van der Waals surface area contributed by atoms with E-state index < -0.39 is 0 Å². The van der Waals surface area contributed by atoms with E-state index in [1.165, 1.54) is 51.9 Å². The summed E-state index contributed by atoms with van der Waals surface area (Å²) in [4.78, 5) is 2.74. The molecule has 15 heavy (non-hydrogen) atoms. The van der Waals surface area contributed by atoms with E-state index in [2.05, 4.69) is 24.1 Å². The third kappa shape index (κ3) is 3.76. The number of hydrogen-bond donors (Lipinski definition) is 1.